The van der Waals surface area contributed by atoms with Gasteiger partial charge in [-0.25, -0.2) is 16.8 Å². The molecular formula is C21H30N4O4S2. The van der Waals surface area contributed by atoms with E-state index >= 15 is 0 Å². The summed E-state index contributed by atoms with van der Waals surface area (Å²) in [6.07, 6.45) is 0.589. The van der Waals surface area contributed by atoms with Crippen molar-refractivity contribution < 1.29 is 16.8 Å². The molecule has 31 heavy (non-hydrogen) atoms. The largest absolute Gasteiger partial charge is 0.366 e. The third-order valence-electron chi connectivity index (χ3n) is 6.34. The molecule has 0 N–H and O–H groups in total. The Morgan fingerprint density at radius 3 is 2.29 bits per heavy atom. The molecule has 1 aromatic heterocycles. The van der Waals surface area contributed by atoms with E-state index in [4.69, 9.17) is 0 Å². The molecule has 1 unspecified atom stereocenters. The molecule has 0 aliphatic carbocycles. The third kappa shape index (κ3) is 4.12. The SMILES string of the molecule is Cc1ccc(S(=O)(=O)N2CCN(c3c(C)nn(C4CCS(=O)(=O)C4)c3C)CC2)c(C)c1. The number of sulfonamides is 1. The Morgan fingerprint density at radius 1 is 1.03 bits per heavy atom. The zero-order chi connectivity index (χ0) is 22.6. The molecule has 2 aliphatic rings. The van der Waals surface area contributed by atoms with Crippen LogP contribution in [-0.4, -0.2) is 68.6 Å². The first kappa shape index (κ1) is 22.3. The van der Waals surface area contributed by atoms with Gasteiger partial charge in [0.15, 0.2) is 9.84 Å². The number of hydrogen-bond donors (Lipinski definition) is 0. The van der Waals surface area contributed by atoms with Gasteiger partial charge in [0.05, 0.1) is 39.5 Å². The minimum atomic E-state index is -3.54. The summed E-state index contributed by atoms with van der Waals surface area (Å²) in [5.74, 6) is 0.344. The van der Waals surface area contributed by atoms with Crippen LogP contribution in [0.4, 0.5) is 5.69 Å². The number of nitrogens with zero attached hydrogens (tertiary/aromatic N) is 4. The first-order chi connectivity index (χ1) is 14.5. The lowest BCUT2D eigenvalue weighted by molar-refractivity contribution is 0.384. The van der Waals surface area contributed by atoms with E-state index in [2.05, 4.69) is 10.00 Å². The number of piperazine rings is 1. The molecule has 0 saturated carbocycles. The summed E-state index contributed by atoms with van der Waals surface area (Å²) in [6, 6.07) is 5.30. The maximum Gasteiger partial charge on any atom is 0.243 e. The van der Waals surface area contributed by atoms with E-state index in [1.54, 1.807) is 10.4 Å². The van der Waals surface area contributed by atoms with Gasteiger partial charge in [-0.2, -0.15) is 9.40 Å². The first-order valence-corrected chi connectivity index (χ1v) is 13.8. The van der Waals surface area contributed by atoms with Crippen molar-refractivity contribution in [2.45, 2.75) is 45.1 Å². The number of sulfone groups is 1. The quantitative estimate of drug-likeness (QED) is 0.684. The molecule has 4 rings (SSSR count). The lowest BCUT2D eigenvalue weighted by atomic mass is 10.2. The van der Waals surface area contributed by atoms with Crippen LogP contribution < -0.4 is 4.90 Å². The van der Waals surface area contributed by atoms with E-state index in [1.807, 2.05) is 44.5 Å². The Kier molecular flexibility index (Phi) is 5.68. The number of aromatic nitrogens is 2. The van der Waals surface area contributed by atoms with Crippen molar-refractivity contribution >= 4 is 25.5 Å². The molecule has 0 radical (unpaired) electrons. The van der Waals surface area contributed by atoms with Crippen molar-refractivity contribution in [2.24, 2.45) is 0 Å². The molecule has 0 amide bonds. The fraction of sp³-hybridized carbons (Fsp3) is 0.571. The minimum absolute atomic E-state index is 0.122. The van der Waals surface area contributed by atoms with Gasteiger partial charge in [-0.3, -0.25) is 4.68 Å². The molecule has 1 atom stereocenters. The van der Waals surface area contributed by atoms with E-state index in [1.165, 1.54) is 0 Å². The number of benzene rings is 1. The van der Waals surface area contributed by atoms with Crippen LogP contribution in [-0.2, 0) is 19.9 Å². The zero-order valence-corrected chi connectivity index (χ0v) is 20.1. The van der Waals surface area contributed by atoms with Crippen LogP contribution in [0.3, 0.4) is 0 Å². The van der Waals surface area contributed by atoms with Crippen LogP contribution in [0.15, 0.2) is 23.1 Å². The lowest BCUT2D eigenvalue weighted by Crippen LogP contribution is -2.49. The molecule has 2 aromatic rings. The number of hydrogen-bond acceptors (Lipinski definition) is 6. The zero-order valence-electron chi connectivity index (χ0n) is 18.5. The van der Waals surface area contributed by atoms with Gasteiger partial charge >= 0.3 is 0 Å². The van der Waals surface area contributed by atoms with Gasteiger partial charge in [0.25, 0.3) is 0 Å². The second-order valence-electron chi connectivity index (χ2n) is 8.68. The number of rotatable bonds is 4. The summed E-state index contributed by atoms with van der Waals surface area (Å²) in [6.45, 7) is 9.63. The molecular weight excluding hydrogens is 436 g/mol. The summed E-state index contributed by atoms with van der Waals surface area (Å²) in [7, 11) is -6.53. The summed E-state index contributed by atoms with van der Waals surface area (Å²) >= 11 is 0. The summed E-state index contributed by atoms with van der Waals surface area (Å²) in [4.78, 5) is 2.54. The Hall–Kier alpha value is -1.91. The maximum absolute atomic E-state index is 13.2. The van der Waals surface area contributed by atoms with Crippen LogP contribution in [0, 0.1) is 27.7 Å². The Morgan fingerprint density at radius 2 is 1.71 bits per heavy atom. The molecule has 10 heteroatoms. The van der Waals surface area contributed by atoms with Gasteiger partial charge in [0, 0.05) is 26.2 Å². The molecule has 0 spiro atoms. The molecule has 2 aliphatic heterocycles. The normalized spacial score (nSPS) is 22.2. The van der Waals surface area contributed by atoms with Gasteiger partial charge in [0.1, 0.15) is 0 Å². The van der Waals surface area contributed by atoms with E-state index in [-0.39, 0.29) is 17.5 Å². The van der Waals surface area contributed by atoms with E-state index in [0.717, 1.165) is 28.2 Å². The highest BCUT2D eigenvalue weighted by Gasteiger charge is 2.34. The van der Waals surface area contributed by atoms with Crippen LogP contribution in [0.2, 0.25) is 0 Å². The van der Waals surface area contributed by atoms with Gasteiger partial charge in [-0.05, 0) is 45.7 Å². The smallest absolute Gasteiger partial charge is 0.243 e. The van der Waals surface area contributed by atoms with E-state index in [0.29, 0.717) is 37.5 Å². The highest BCUT2D eigenvalue weighted by Crippen LogP contribution is 2.32. The maximum atomic E-state index is 13.2. The van der Waals surface area contributed by atoms with Crippen molar-refractivity contribution in [3.8, 4) is 0 Å². The summed E-state index contributed by atoms with van der Waals surface area (Å²) in [5.41, 5.74) is 4.60. The standard InChI is InChI=1S/C21H30N4O4S2/c1-15-5-6-20(16(2)13-15)31(28,29)24-10-8-23(9-11-24)21-17(3)22-25(18(21)4)19-7-12-30(26,27)14-19/h5-6,13,19H,7-12,14H2,1-4H3. The Labute approximate surface area is 184 Å². The minimum Gasteiger partial charge on any atom is -0.366 e. The highest BCUT2D eigenvalue weighted by molar-refractivity contribution is 7.91. The predicted molar refractivity (Wildman–Crippen MR) is 121 cm³/mol. The fourth-order valence-corrected chi connectivity index (χ4v) is 8.14. The molecule has 170 valence electrons. The second kappa shape index (κ2) is 7.90. The highest BCUT2D eigenvalue weighted by atomic mass is 32.2. The van der Waals surface area contributed by atoms with Crippen molar-refractivity contribution in [2.75, 3.05) is 42.6 Å². The van der Waals surface area contributed by atoms with Crippen LogP contribution in [0.1, 0.15) is 35.0 Å². The monoisotopic (exact) mass is 466 g/mol. The lowest BCUT2D eigenvalue weighted by Gasteiger charge is -2.35. The van der Waals surface area contributed by atoms with Gasteiger partial charge < -0.3 is 4.90 Å². The predicted octanol–water partition coefficient (Wildman–Crippen LogP) is 1.99. The third-order valence-corrected chi connectivity index (χ3v) is 10.2. The van der Waals surface area contributed by atoms with Crippen molar-refractivity contribution in [3.05, 3.63) is 40.7 Å². The van der Waals surface area contributed by atoms with Crippen LogP contribution >= 0.6 is 0 Å². The van der Waals surface area contributed by atoms with Crippen LogP contribution in [0.5, 0.6) is 0 Å². The average Bonchev–Trinajstić information content (AvgIpc) is 3.19. The second-order valence-corrected chi connectivity index (χ2v) is 12.8. The summed E-state index contributed by atoms with van der Waals surface area (Å²) < 4.78 is 53.5. The molecule has 3 heterocycles. The fourth-order valence-electron chi connectivity index (χ4n) is 4.82. The molecule has 2 saturated heterocycles. The molecule has 8 nitrogen and oxygen atoms in total. The molecule has 0 bridgehead atoms. The topological polar surface area (TPSA) is 92.6 Å². The number of aryl methyl sites for hydroxylation is 3. The first-order valence-electron chi connectivity index (χ1n) is 10.6. The van der Waals surface area contributed by atoms with Gasteiger partial charge in [0.2, 0.25) is 10.0 Å². The Bertz CT molecular complexity index is 1210. The summed E-state index contributed by atoms with van der Waals surface area (Å²) in [5, 5.41) is 4.65. The van der Waals surface area contributed by atoms with Crippen molar-refractivity contribution in [1.29, 1.82) is 0 Å². The van der Waals surface area contributed by atoms with Crippen molar-refractivity contribution in [3.63, 3.8) is 0 Å². The number of anilines is 1. The van der Waals surface area contributed by atoms with E-state index < -0.39 is 19.9 Å². The van der Waals surface area contributed by atoms with Crippen molar-refractivity contribution in [1.82, 2.24) is 14.1 Å². The molecule has 2 fully saturated rings. The Balaban J connectivity index is 1.52. The van der Waals surface area contributed by atoms with Crippen LogP contribution in [0.25, 0.3) is 0 Å². The van der Waals surface area contributed by atoms with E-state index in [9.17, 15) is 16.8 Å². The van der Waals surface area contributed by atoms with Gasteiger partial charge in [-0.15, -0.1) is 0 Å². The van der Waals surface area contributed by atoms with Gasteiger partial charge in [-0.1, -0.05) is 17.7 Å². The average molecular weight is 467 g/mol. The molecule has 1 aromatic carbocycles.